The largest absolute Gasteiger partial charge is 0.316 e. The Morgan fingerprint density at radius 1 is 1.44 bits per heavy atom. The van der Waals surface area contributed by atoms with E-state index >= 15 is 0 Å². The van der Waals surface area contributed by atoms with Gasteiger partial charge in [0.15, 0.2) is 0 Å². The fraction of sp³-hybridized carbons (Fsp3) is 0.600. The molecule has 0 aliphatic carbocycles. The molecule has 2 atom stereocenters. The SMILES string of the molecule is Cc1ccc(S(=O)C2CCCNC2)nn1.Cl. The number of nitrogens with one attached hydrogen (secondary N) is 1. The first-order valence-corrected chi connectivity index (χ1v) is 6.40. The third-order valence-corrected chi connectivity index (χ3v) is 4.17. The molecule has 0 amide bonds. The van der Waals surface area contributed by atoms with Crippen LogP contribution in [0, 0.1) is 6.92 Å². The molecule has 1 saturated heterocycles. The number of rotatable bonds is 2. The van der Waals surface area contributed by atoms with Gasteiger partial charge < -0.3 is 5.32 Å². The summed E-state index contributed by atoms with van der Waals surface area (Å²) < 4.78 is 12.1. The molecule has 1 aliphatic rings. The number of hydrogen-bond donors (Lipinski definition) is 1. The van der Waals surface area contributed by atoms with E-state index in [1.807, 2.05) is 19.1 Å². The monoisotopic (exact) mass is 261 g/mol. The van der Waals surface area contributed by atoms with Crippen LogP contribution in [-0.4, -0.2) is 32.7 Å². The molecule has 1 aliphatic heterocycles. The van der Waals surface area contributed by atoms with Crippen LogP contribution in [0.4, 0.5) is 0 Å². The number of piperidine rings is 1. The molecule has 1 aromatic heterocycles. The van der Waals surface area contributed by atoms with Gasteiger partial charge >= 0.3 is 0 Å². The van der Waals surface area contributed by atoms with Crippen LogP contribution >= 0.6 is 12.4 Å². The normalized spacial score (nSPS) is 22.2. The average Bonchev–Trinajstić information content (AvgIpc) is 2.30. The van der Waals surface area contributed by atoms with Crippen molar-refractivity contribution in [1.29, 1.82) is 0 Å². The Labute approximate surface area is 104 Å². The summed E-state index contributed by atoms with van der Waals surface area (Å²) in [4.78, 5) is 0. The van der Waals surface area contributed by atoms with E-state index in [-0.39, 0.29) is 17.7 Å². The predicted octanol–water partition coefficient (Wildman–Crippen LogP) is 1.07. The lowest BCUT2D eigenvalue weighted by atomic mass is 10.2. The summed E-state index contributed by atoms with van der Waals surface area (Å²) in [5.41, 5.74) is 0.859. The van der Waals surface area contributed by atoms with Crippen molar-refractivity contribution in [2.75, 3.05) is 13.1 Å². The lowest BCUT2D eigenvalue weighted by molar-refractivity contribution is 0.518. The lowest BCUT2D eigenvalue weighted by Crippen LogP contribution is -2.36. The number of hydrogen-bond acceptors (Lipinski definition) is 4. The molecular weight excluding hydrogens is 246 g/mol. The van der Waals surface area contributed by atoms with E-state index in [1.165, 1.54) is 0 Å². The molecule has 0 bridgehead atoms. The van der Waals surface area contributed by atoms with Crippen LogP contribution in [0.25, 0.3) is 0 Å². The van der Waals surface area contributed by atoms with Crippen molar-refractivity contribution in [3.05, 3.63) is 17.8 Å². The van der Waals surface area contributed by atoms with E-state index in [0.717, 1.165) is 31.6 Å². The summed E-state index contributed by atoms with van der Waals surface area (Å²) >= 11 is 0. The second-order valence-electron chi connectivity index (χ2n) is 3.78. The Morgan fingerprint density at radius 2 is 2.25 bits per heavy atom. The average molecular weight is 262 g/mol. The second-order valence-corrected chi connectivity index (χ2v) is 5.46. The van der Waals surface area contributed by atoms with Gasteiger partial charge in [0.25, 0.3) is 0 Å². The summed E-state index contributed by atoms with van der Waals surface area (Å²) in [6.45, 7) is 3.73. The smallest absolute Gasteiger partial charge is 0.150 e. The van der Waals surface area contributed by atoms with Gasteiger partial charge in [0.05, 0.1) is 21.7 Å². The summed E-state index contributed by atoms with van der Waals surface area (Å²) in [7, 11) is -1.01. The number of aromatic nitrogens is 2. The zero-order chi connectivity index (χ0) is 10.7. The lowest BCUT2D eigenvalue weighted by Gasteiger charge is -2.21. The Bertz CT molecular complexity index is 352. The molecule has 2 rings (SSSR count). The van der Waals surface area contributed by atoms with Crippen LogP contribution in [0.2, 0.25) is 0 Å². The molecule has 4 nitrogen and oxygen atoms in total. The molecule has 1 aromatic rings. The van der Waals surface area contributed by atoms with Crippen molar-refractivity contribution in [1.82, 2.24) is 15.5 Å². The highest BCUT2D eigenvalue weighted by Gasteiger charge is 2.21. The van der Waals surface area contributed by atoms with Crippen molar-refractivity contribution >= 4 is 23.2 Å². The molecule has 0 radical (unpaired) electrons. The van der Waals surface area contributed by atoms with Gasteiger partial charge in [0.2, 0.25) is 0 Å². The van der Waals surface area contributed by atoms with Crippen molar-refractivity contribution in [2.45, 2.75) is 30.0 Å². The van der Waals surface area contributed by atoms with Gasteiger partial charge in [-0.25, -0.2) is 0 Å². The van der Waals surface area contributed by atoms with Crippen molar-refractivity contribution in [3.63, 3.8) is 0 Å². The Hall–Kier alpha value is -0.520. The minimum Gasteiger partial charge on any atom is -0.316 e. The molecule has 2 heterocycles. The van der Waals surface area contributed by atoms with Crippen LogP contribution in [0.1, 0.15) is 18.5 Å². The summed E-state index contributed by atoms with van der Waals surface area (Å²) in [5.74, 6) is 0. The minimum absolute atomic E-state index is 0. The Balaban J connectivity index is 0.00000128. The fourth-order valence-corrected chi connectivity index (χ4v) is 2.98. The second kappa shape index (κ2) is 6.27. The third-order valence-electron chi connectivity index (χ3n) is 2.53. The molecule has 16 heavy (non-hydrogen) atoms. The van der Waals surface area contributed by atoms with E-state index < -0.39 is 10.8 Å². The van der Waals surface area contributed by atoms with Gasteiger partial charge in [-0.2, -0.15) is 5.10 Å². The van der Waals surface area contributed by atoms with Gasteiger partial charge in [0.1, 0.15) is 5.03 Å². The third kappa shape index (κ3) is 3.23. The molecular formula is C10H16ClN3OS. The molecule has 1 N–H and O–H groups in total. The maximum Gasteiger partial charge on any atom is 0.150 e. The first kappa shape index (κ1) is 13.5. The first-order valence-electron chi connectivity index (χ1n) is 5.19. The van der Waals surface area contributed by atoms with Crippen molar-refractivity contribution in [3.8, 4) is 0 Å². The molecule has 6 heteroatoms. The van der Waals surface area contributed by atoms with Crippen LogP contribution in [0.5, 0.6) is 0 Å². The van der Waals surface area contributed by atoms with Gasteiger partial charge in [-0.1, -0.05) is 0 Å². The molecule has 1 fully saturated rings. The fourth-order valence-electron chi connectivity index (χ4n) is 1.67. The molecule has 90 valence electrons. The van der Waals surface area contributed by atoms with E-state index in [1.54, 1.807) is 0 Å². The highest BCUT2D eigenvalue weighted by atomic mass is 35.5. The first-order chi connectivity index (χ1) is 7.27. The molecule has 0 spiro atoms. The van der Waals surface area contributed by atoms with E-state index in [2.05, 4.69) is 15.5 Å². The highest BCUT2D eigenvalue weighted by molar-refractivity contribution is 7.85. The maximum atomic E-state index is 12.1. The summed E-state index contributed by atoms with van der Waals surface area (Å²) in [5, 5.41) is 12.0. The number of nitrogens with zero attached hydrogens (tertiary/aromatic N) is 2. The summed E-state index contributed by atoms with van der Waals surface area (Å²) in [6, 6.07) is 3.67. The van der Waals surface area contributed by atoms with Crippen LogP contribution in [-0.2, 0) is 10.8 Å². The van der Waals surface area contributed by atoms with E-state index in [4.69, 9.17) is 0 Å². The van der Waals surface area contributed by atoms with Gasteiger partial charge in [-0.15, -0.1) is 17.5 Å². The molecule has 2 unspecified atom stereocenters. The van der Waals surface area contributed by atoms with Gasteiger partial charge in [-0.3, -0.25) is 4.21 Å². The minimum atomic E-state index is -1.01. The quantitative estimate of drug-likeness (QED) is 0.865. The molecule has 0 aromatic carbocycles. The van der Waals surface area contributed by atoms with Crippen LogP contribution in [0.3, 0.4) is 0 Å². The van der Waals surface area contributed by atoms with Gasteiger partial charge in [-0.05, 0) is 38.4 Å². The topological polar surface area (TPSA) is 54.9 Å². The van der Waals surface area contributed by atoms with Crippen molar-refractivity contribution < 1.29 is 4.21 Å². The maximum absolute atomic E-state index is 12.1. The Morgan fingerprint density at radius 3 is 2.81 bits per heavy atom. The standard InChI is InChI=1S/C10H15N3OS.ClH/c1-8-4-5-10(13-12-8)15(14)9-3-2-6-11-7-9;/h4-5,9,11H,2-3,6-7H2,1H3;1H. The van der Waals surface area contributed by atoms with Crippen molar-refractivity contribution in [2.24, 2.45) is 0 Å². The van der Waals surface area contributed by atoms with Gasteiger partial charge in [0, 0.05) is 6.54 Å². The number of aryl methyl sites for hydroxylation is 1. The predicted molar refractivity (Wildman–Crippen MR) is 66.3 cm³/mol. The molecule has 0 saturated carbocycles. The van der Waals surface area contributed by atoms with E-state index in [0.29, 0.717) is 5.03 Å². The zero-order valence-electron chi connectivity index (χ0n) is 9.18. The number of halogens is 1. The summed E-state index contributed by atoms with van der Waals surface area (Å²) in [6.07, 6.45) is 2.10. The zero-order valence-corrected chi connectivity index (χ0v) is 10.8. The Kier molecular flexibility index (Phi) is 5.31. The van der Waals surface area contributed by atoms with E-state index in [9.17, 15) is 4.21 Å². The van der Waals surface area contributed by atoms with Crippen LogP contribution < -0.4 is 5.32 Å². The highest BCUT2D eigenvalue weighted by Crippen LogP contribution is 2.14. The van der Waals surface area contributed by atoms with Crippen LogP contribution in [0.15, 0.2) is 17.2 Å².